The highest BCUT2D eigenvalue weighted by atomic mass is 35.5. The molecule has 2 aliphatic rings. The molecule has 0 bridgehead atoms. The lowest BCUT2D eigenvalue weighted by Crippen LogP contribution is -2.43. The number of aryl methyl sites for hydroxylation is 2. The maximum absolute atomic E-state index is 15.8. The number of carboxylic acid groups (broad SMARTS) is 2. The summed E-state index contributed by atoms with van der Waals surface area (Å²) in [5, 5.41) is 29.3. The van der Waals surface area contributed by atoms with Crippen LogP contribution >= 0.6 is 19.4 Å². The molecule has 0 radical (unpaired) electrons. The number of carboxylic acids is 2. The quantitative estimate of drug-likeness (QED) is 0.0230. The molecule has 510 valence electrons. The fraction of sp³-hybridized carbons (Fsp3) is 0.439. The first-order valence-electron chi connectivity index (χ1n) is 27.9. The van der Waals surface area contributed by atoms with Crippen LogP contribution in [0, 0.1) is 24.5 Å². The van der Waals surface area contributed by atoms with Crippen LogP contribution in [0.2, 0.25) is 5.02 Å². The Labute approximate surface area is 533 Å². The fourth-order valence-corrected chi connectivity index (χ4v) is 13.5. The van der Waals surface area contributed by atoms with Crippen LogP contribution in [0.1, 0.15) is 116 Å². The van der Waals surface area contributed by atoms with E-state index in [2.05, 4.69) is 15.5 Å². The monoisotopic (exact) mass is 1410 g/mol. The summed E-state index contributed by atoms with van der Waals surface area (Å²) in [4.78, 5) is 91.1. The van der Waals surface area contributed by atoms with Crippen molar-refractivity contribution in [3.05, 3.63) is 122 Å². The fourth-order valence-electron chi connectivity index (χ4n) is 11.5. The predicted molar refractivity (Wildman–Crippen MR) is 314 cm³/mol. The second kappa shape index (κ2) is 25.4. The number of anilines is 1. The van der Waals surface area contributed by atoms with Crippen molar-refractivity contribution in [3.63, 3.8) is 0 Å². The lowest BCUT2D eigenvalue weighted by atomic mass is 9.77. The standard InChI is InChI=1S/C57H58ClF10N8O15PS2/c1-26-14-28(19-40(77)71-38(52(82)83)22-43(80)81)46(39(15-26)91-92(84,85)86)53(2,3)23-42(79)76(94(7,89)90)51-45-36(58)11-10-33(48(45)75(73-51)25-55(61,62)63)32-9-8-31(12-13-54(4,5)93(6,87)88)69-47(32)37(18-27-16-29(59)20-30(60)17-27)70-41(78)24-74-50-44(49(72-74)57(66,67)68)34-21-35(34)56(50,64)65/h8-11,14-17,20,34-35,37-38H,12-13,18-19,21-25H2,1-7H3,(H,70,78)(H,71,77)(H,80,81)(H,82,83)(H2,84,85,86)/t34-,35?,37-,38-/m0/s1. The number of phosphoric ester groups is 1. The van der Waals surface area contributed by atoms with Crippen molar-refractivity contribution < 1.29 is 114 Å². The molecule has 0 saturated heterocycles. The summed E-state index contributed by atoms with van der Waals surface area (Å²) in [6.45, 7) is 2.92. The maximum atomic E-state index is 15.8. The lowest BCUT2D eigenvalue weighted by molar-refractivity contribution is -0.147. The number of hydrogen-bond acceptors (Lipinski definition) is 14. The molecule has 6 aromatic rings. The number of phosphoric acid groups is 1. The van der Waals surface area contributed by atoms with Crippen molar-refractivity contribution in [1.29, 1.82) is 0 Å². The number of nitrogens with zero attached hydrogens (tertiary/aromatic N) is 6. The Morgan fingerprint density at radius 2 is 1.50 bits per heavy atom. The number of sulfonamides is 1. The zero-order valence-corrected chi connectivity index (χ0v) is 53.5. The van der Waals surface area contributed by atoms with Gasteiger partial charge in [0.15, 0.2) is 21.3 Å². The number of pyridine rings is 1. The first-order chi connectivity index (χ1) is 43.0. The van der Waals surface area contributed by atoms with Gasteiger partial charge in [-0.05, 0) is 99.4 Å². The number of carbonyl (C=O) groups excluding carboxylic acids is 3. The molecule has 6 N–H and O–H groups in total. The molecule has 3 heterocycles. The molecular formula is C57H58ClF10N8O15PS2. The smallest absolute Gasteiger partial charge is 0.481 e. The van der Waals surface area contributed by atoms with E-state index in [0.29, 0.717) is 12.3 Å². The summed E-state index contributed by atoms with van der Waals surface area (Å²) in [6.07, 6.45) is -14.0. The predicted octanol–water partition coefficient (Wildman–Crippen LogP) is 8.90. The number of carbonyl (C=O) groups is 5. The van der Waals surface area contributed by atoms with E-state index in [0.717, 1.165) is 36.6 Å². The maximum Gasteiger partial charge on any atom is 0.524 e. The van der Waals surface area contributed by atoms with Crippen LogP contribution in [0.4, 0.5) is 49.7 Å². The van der Waals surface area contributed by atoms with Crippen LogP contribution in [0.5, 0.6) is 5.75 Å². The molecule has 4 atom stereocenters. The number of amides is 3. The van der Waals surface area contributed by atoms with Gasteiger partial charge in [-0.15, -0.1) is 0 Å². The second-order valence-corrected chi connectivity index (χ2v) is 30.3. The zero-order chi connectivity index (χ0) is 70.3. The summed E-state index contributed by atoms with van der Waals surface area (Å²) >= 11 is 6.83. The topological polar surface area (TPSA) is 337 Å². The summed E-state index contributed by atoms with van der Waals surface area (Å²) in [6, 6.07) is 4.81. The van der Waals surface area contributed by atoms with Crippen LogP contribution in [0.25, 0.3) is 22.0 Å². The number of aliphatic carboxylic acids is 2. The van der Waals surface area contributed by atoms with Crippen molar-refractivity contribution in [3.8, 4) is 16.9 Å². The minimum Gasteiger partial charge on any atom is -0.481 e. The van der Waals surface area contributed by atoms with Gasteiger partial charge < -0.3 is 25.4 Å². The number of fused-ring (bicyclic) bond motifs is 4. The Kier molecular flexibility index (Phi) is 19.5. The van der Waals surface area contributed by atoms with E-state index < -0.39 is 221 Å². The Morgan fingerprint density at radius 3 is 2.06 bits per heavy atom. The van der Waals surface area contributed by atoms with E-state index in [9.17, 15) is 73.7 Å². The molecule has 3 aromatic heterocycles. The van der Waals surface area contributed by atoms with E-state index in [1.165, 1.54) is 52.8 Å². The average Bonchev–Trinajstić information content (AvgIpc) is 1.52. The second-order valence-electron chi connectivity index (χ2n) is 24.2. The van der Waals surface area contributed by atoms with E-state index in [1.54, 1.807) is 0 Å². The van der Waals surface area contributed by atoms with Gasteiger partial charge in [-0.3, -0.25) is 43.3 Å². The van der Waals surface area contributed by atoms with Crippen LogP contribution < -0.4 is 19.5 Å². The number of sulfone groups is 1. The van der Waals surface area contributed by atoms with Crippen molar-refractivity contribution in [1.82, 2.24) is 35.2 Å². The Bertz CT molecular complexity index is 4370. The molecule has 2 aliphatic carbocycles. The van der Waals surface area contributed by atoms with Gasteiger partial charge in [0.1, 0.15) is 42.2 Å². The summed E-state index contributed by atoms with van der Waals surface area (Å²) < 4.78 is 221. The number of hydrogen-bond donors (Lipinski definition) is 6. The van der Waals surface area contributed by atoms with Crippen LogP contribution in [-0.4, -0.2) is 121 Å². The van der Waals surface area contributed by atoms with E-state index in [1.807, 2.05) is 5.32 Å². The third kappa shape index (κ3) is 15.8. The molecule has 23 nitrogen and oxygen atoms in total. The highest BCUT2D eigenvalue weighted by Gasteiger charge is 2.68. The molecule has 3 aromatic carbocycles. The molecule has 1 saturated carbocycles. The molecule has 0 spiro atoms. The molecule has 1 fully saturated rings. The SMILES string of the molecule is Cc1cc(CC(=O)N[C@@H](CC(=O)O)C(=O)O)c(C(C)(C)CC(=O)N(c2nn(CC(F)(F)F)c3c(-c4ccc(CCC(C)(C)S(C)(=O)=O)nc4[C@H](Cc4cc(F)cc(F)c4)NC(=O)Cn4nc(C(F)(F)F)c5c4C(F)(F)C4C[C@H]54)ccc(Cl)c23)S(C)(=O)=O)c(OP(=O)(O)O)c1. The van der Waals surface area contributed by atoms with Gasteiger partial charge in [-0.2, -0.15) is 49.6 Å². The van der Waals surface area contributed by atoms with E-state index in [4.69, 9.17) is 21.1 Å². The third-order valence-electron chi connectivity index (χ3n) is 15.9. The molecule has 37 heteroatoms. The van der Waals surface area contributed by atoms with Crippen molar-refractivity contribution in [2.24, 2.45) is 5.92 Å². The van der Waals surface area contributed by atoms with Crippen molar-refractivity contribution >= 4 is 85.7 Å². The van der Waals surface area contributed by atoms with E-state index in [-0.39, 0.29) is 60.9 Å². The van der Waals surface area contributed by atoms with Gasteiger partial charge in [0.25, 0.3) is 5.92 Å². The van der Waals surface area contributed by atoms with Gasteiger partial charge in [-0.25, -0.2) is 35.0 Å². The number of benzene rings is 3. The normalized spacial score (nSPS) is 16.5. The molecular weight excluding hydrogens is 1360 g/mol. The minimum absolute atomic E-state index is 0.0424. The van der Waals surface area contributed by atoms with Gasteiger partial charge in [0, 0.05) is 58.0 Å². The molecule has 0 aliphatic heterocycles. The number of alkyl halides is 8. The summed E-state index contributed by atoms with van der Waals surface area (Å²) in [5.74, 6) is -18.6. The van der Waals surface area contributed by atoms with E-state index >= 15 is 35.5 Å². The highest BCUT2D eigenvalue weighted by Crippen LogP contribution is 2.68. The Hall–Kier alpha value is -7.72. The average molecular weight is 1420 g/mol. The van der Waals surface area contributed by atoms with Gasteiger partial charge in [0.2, 0.25) is 27.7 Å². The Balaban J connectivity index is 1.32. The molecule has 3 amide bonds. The molecule has 94 heavy (non-hydrogen) atoms. The summed E-state index contributed by atoms with van der Waals surface area (Å²) in [5.41, 5.74) is -8.74. The highest BCUT2D eigenvalue weighted by molar-refractivity contribution is 7.93. The largest absolute Gasteiger partial charge is 0.524 e. The van der Waals surface area contributed by atoms with Crippen LogP contribution in [0.3, 0.4) is 0 Å². The van der Waals surface area contributed by atoms with Crippen LogP contribution in [-0.2, 0) is 98.3 Å². The third-order valence-corrected chi connectivity index (χ3v) is 19.9. The van der Waals surface area contributed by atoms with Gasteiger partial charge in [-0.1, -0.05) is 43.6 Å². The molecule has 8 rings (SSSR count). The number of aromatic nitrogens is 5. The zero-order valence-electron chi connectivity index (χ0n) is 50.3. The minimum atomic E-state index is -5.59. The lowest BCUT2D eigenvalue weighted by Gasteiger charge is -2.31. The Morgan fingerprint density at radius 1 is 0.872 bits per heavy atom. The molecule has 1 unspecified atom stereocenters. The van der Waals surface area contributed by atoms with Crippen molar-refractivity contribution in [2.45, 2.75) is 139 Å². The first kappa shape index (κ1) is 72.1. The van der Waals surface area contributed by atoms with Gasteiger partial charge in [0.05, 0.1) is 51.5 Å². The number of halogens is 11. The van der Waals surface area contributed by atoms with Crippen molar-refractivity contribution in [2.75, 3.05) is 16.8 Å². The summed E-state index contributed by atoms with van der Waals surface area (Å²) in [7, 11) is -14.6. The number of rotatable bonds is 25. The van der Waals surface area contributed by atoms with Crippen LogP contribution in [0.15, 0.2) is 54.6 Å². The number of nitrogens with one attached hydrogen (secondary N) is 2. The first-order valence-corrected chi connectivity index (χ1v) is 33.5. The van der Waals surface area contributed by atoms with Gasteiger partial charge >= 0.3 is 32.1 Å².